The summed E-state index contributed by atoms with van der Waals surface area (Å²) in [5.74, 6) is -0.0301. The number of hydrogen-bond acceptors (Lipinski definition) is 3. The van der Waals surface area contributed by atoms with Gasteiger partial charge in [-0.25, -0.2) is 4.39 Å². The van der Waals surface area contributed by atoms with Gasteiger partial charge in [-0.05, 0) is 58.7 Å². The molecule has 1 atom stereocenters. The van der Waals surface area contributed by atoms with Crippen molar-refractivity contribution in [3.8, 4) is 5.75 Å². The summed E-state index contributed by atoms with van der Waals surface area (Å²) in [6.07, 6.45) is 1.94. The van der Waals surface area contributed by atoms with E-state index in [-0.39, 0.29) is 11.9 Å². The Labute approximate surface area is 137 Å². The first kappa shape index (κ1) is 16.5. The standard InChI is InChI=1S/C16H19BrFNOS/c1-3-8-19-14(10-12-5-7-16(17)21-12)11-4-6-13(18)15(9-11)20-2/h4-7,9,14,19H,3,8,10H2,1-2H3. The molecule has 0 aliphatic rings. The van der Waals surface area contributed by atoms with E-state index in [4.69, 9.17) is 4.74 Å². The molecule has 0 saturated heterocycles. The third kappa shape index (κ3) is 4.53. The second kappa shape index (κ2) is 7.92. The van der Waals surface area contributed by atoms with Gasteiger partial charge in [-0.2, -0.15) is 0 Å². The van der Waals surface area contributed by atoms with Crippen LogP contribution < -0.4 is 10.1 Å². The number of methoxy groups -OCH3 is 1. The fraction of sp³-hybridized carbons (Fsp3) is 0.375. The highest BCUT2D eigenvalue weighted by atomic mass is 79.9. The maximum absolute atomic E-state index is 13.6. The van der Waals surface area contributed by atoms with Crippen molar-refractivity contribution in [3.63, 3.8) is 0 Å². The highest BCUT2D eigenvalue weighted by Crippen LogP contribution is 2.29. The van der Waals surface area contributed by atoms with Crippen LogP contribution in [0.1, 0.15) is 29.8 Å². The second-order valence-electron chi connectivity index (χ2n) is 4.81. The van der Waals surface area contributed by atoms with Crippen molar-refractivity contribution in [2.75, 3.05) is 13.7 Å². The first-order chi connectivity index (χ1) is 10.1. The zero-order valence-corrected chi connectivity index (χ0v) is 14.6. The third-order valence-electron chi connectivity index (χ3n) is 3.25. The first-order valence-corrected chi connectivity index (χ1v) is 8.56. The average Bonchev–Trinajstić information content (AvgIpc) is 2.89. The summed E-state index contributed by atoms with van der Waals surface area (Å²) in [6, 6.07) is 9.42. The molecule has 114 valence electrons. The van der Waals surface area contributed by atoms with Crippen molar-refractivity contribution in [1.82, 2.24) is 5.32 Å². The summed E-state index contributed by atoms with van der Waals surface area (Å²) in [7, 11) is 1.49. The molecule has 2 nitrogen and oxygen atoms in total. The van der Waals surface area contributed by atoms with Crippen LogP contribution in [0.2, 0.25) is 0 Å². The van der Waals surface area contributed by atoms with Gasteiger partial charge in [0.05, 0.1) is 10.9 Å². The molecule has 5 heteroatoms. The van der Waals surface area contributed by atoms with E-state index in [0.29, 0.717) is 5.75 Å². The zero-order chi connectivity index (χ0) is 15.2. The van der Waals surface area contributed by atoms with Crippen molar-refractivity contribution < 1.29 is 9.13 Å². The Morgan fingerprint density at radius 2 is 2.14 bits per heavy atom. The lowest BCUT2D eigenvalue weighted by atomic mass is 10.0. The molecular weight excluding hydrogens is 353 g/mol. The summed E-state index contributed by atoms with van der Waals surface area (Å²) >= 11 is 5.22. The lowest BCUT2D eigenvalue weighted by Gasteiger charge is -2.19. The second-order valence-corrected chi connectivity index (χ2v) is 7.36. The van der Waals surface area contributed by atoms with Crippen LogP contribution in [-0.4, -0.2) is 13.7 Å². The van der Waals surface area contributed by atoms with Crippen LogP contribution in [0.15, 0.2) is 34.1 Å². The average molecular weight is 372 g/mol. The van der Waals surface area contributed by atoms with Gasteiger partial charge >= 0.3 is 0 Å². The molecule has 2 rings (SSSR count). The predicted octanol–water partition coefficient (Wildman–Crippen LogP) is 4.94. The molecular formula is C16H19BrFNOS. The maximum Gasteiger partial charge on any atom is 0.165 e. The van der Waals surface area contributed by atoms with E-state index in [1.807, 2.05) is 6.07 Å². The molecule has 21 heavy (non-hydrogen) atoms. The lowest BCUT2D eigenvalue weighted by molar-refractivity contribution is 0.384. The fourth-order valence-electron chi connectivity index (χ4n) is 2.18. The molecule has 2 aromatic rings. The smallest absolute Gasteiger partial charge is 0.165 e. The number of ether oxygens (including phenoxy) is 1. The SMILES string of the molecule is CCCNC(Cc1ccc(Br)s1)c1ccc(F)c(OC)c1. The molecule has 0 fully saturated rings. The topological polar surface area (TPSA) is 21.3 Å². The molecule has 1 unspecified atom stereocenters. The minimum atomic E-state index is -0.325. The Balaban J connectivity index is 2.22. The van der Waals surface area contributed by atoms with Crippen LogP contribution >= 0.6 is 27.3 Å². The molecule has 0 aliphatic carbocycles. The van der Waals surface area contributed by atoms with Gasteiger partial charge in [-0.1, -0.05) is 13.0 Å². The Hall–Kier alpha value is -0.910. The highest BCUT2D eigenvalue weighted by molar-refractivity contribution is 9.11. The largest absolute Gasteiger partial charge is 0.494 e. The predicted molar refractivity (Wildman–Crippen MR) is 89.7 cm³/mol. The zero-order valence-electron chi connectivity index (χ0n) is 12.2. The first-order valence-electron chi connectivity index (χ1n) is 6.95. The Kier molecular flexibility index (Phi) is 6.21. The highest BCUT2D eigenvalue weighted by Gasteiger charge is 2.15. The minimum absolute atomic E-state index is 0.157. The number of thiophene rings is 1. The van der Waals surface area contributed by atoms with Gasteiger partial charge in [0.1, 0.15) is 0 Å². The normalized spacial score (nSPS) is 12.4. The van der Waals surface area contributed by atoms with Crippen LogP contribution in [0.3, 0.4) is 0 Å². The molecule has 1 N–H and O–H groups in total. The van der Waals surface area contributed by atoms with Crippen molar-refractivity contribution in [3.05, 3.63) is 50.4 Å². The Morgan fingerprint density at radius 1 is 1.33 bits per heavy atom. The summed E-state index contributed by atoms with van der Waals surface area (Å²) in [6.45, 7) is 3.06. The summed E-state index contributed by atoms with van der Waals surface area (Å²) in [5, 5.41) is 3.53. The van der Waals surface area contributed by atoms with Crippen LogP contribution in [0, 0.1) is 5.82 Å². The van der Waals surface area contributed by atoms with Crippen molar-refractivity contribution in [1.29, 1.82) is 0 Å². The van der Waals surface area contributed by atoms with Gasteiger partial charge < -0.3 is 10.1 Å². The Morgan fingerprint density at radius 3 is 2.76 bits per heavy atom. The van der Waals surface area contributed by atoms with Gasteiger partial charge in [0, 0.05) is 17.3 Å². The molecule has 0 aliphatic heterocycles. The molecule has 1 aromatic carbocycles. The molecule has 1 aromatic heterocycles. The summed E-state index contributed by atoms with van der Waals surface area (Å²) in [5.41, 5.74) is 1.05. The molecule has 1 heterocycles. The van der Waals surface area contributed by atoms with Crippen LogP contribution in [0.4, 0.5) is 4.39 Å². The number of hydrogen-bond donors (Lipinski definition) is 1. The quantitative estimate of drug-likeness (QED) is 0.743. The molecule has 0 saturated carbocycles. The van der Waals surface area contributed by atoms with Crippen LogP contribution in [0.25, 0.3) is 0 Å². The monoisotopic (exact) mass is 371 g/mol. The van der Waals surface area contributed by atoms with Crippen molar-refractivity contribution >= 4 is 27.3 Å². The van der Waals surface area contributed by atoms with E-state index in [2.05, 4.69) is 40.3 Å². The summed E-state index contributed by atoms with van der Waals surface area (Å²) < 4.78 is 19.8. The van der Waals surface area contributed by atoms with E-state index in [9.17, 15) is 4.39 Å². The van der Waals surface area contributed by atoms with E-state index in [0.717, 1.165) is 28.7 Å². The van der Waals surface area contributed by atoms with Crippen molar-refractivity contribution in [2.24, 2.45) is 0 Å². The molecule has 0 radical (unpaired) electrons. The number of nitrogens with one attached hydrogen (secondary N) is 1. The molecule has 0 amide bonds. The van der Waals surface area contributed by atoms with E-state index in [1.165, 1.54) is 18.1 Å². The number of halogens is 2. The maximum atomic E-state index is 13.6. The van der Waals surface area contributed by atoms with Crippen LogP contribution in [-0.2, 0) is 6.42 Å². The van der Waals surface area contributed by atoms with Gasteiger partial charge in [0.25, 0.3) is 0 Å². The van der Waals surface area contributed by atoms with Gasteiger partial charge in [-0.3, -0.25) is 0 Å². The lowest BCUT2D eigenvalue weighted by Crippen LogP contribution is -2.24. The summed E-state index contributed by atoms with van der Waals surface area (Å²) in [4.78, 5) is 1.29. The molecule has 0 bridgehead atoms. The third-order valence-corrected chi connectivity index (χ3v) is 4.90. The van der Waals surface area contributed by atoms with Crippen LogP contribution in [0.5, 0.6) is 5.75 Å². The minimum Gasteiger partial charge on any atom is -0.494 e. The van der Waals surface area contributed by atoms with E-state index < -0.39 is 0 Å². The van der Waals surface area contributed by atoms with E-state index >= 15 is 0 Å². The molecule has 0 spiro atoms. The van der Waals surface area contributed by atoms with Gasteiger partial charge in [0.2, 0.25) is 0 Å². The van der Waals surface area contributed by atoms with Gasteiger partial charge in [0.15, 0.2) is 11.6 Å². The van der Waals surface area contributed by atoms with Crippen molar-refractivity contribution in [2.45, 2.75) is 25.8 Å². The fourth-order valence-corrected chi connectivity index (χ4v) is 3.71. The van der Waals surface area contributed by atoms with Gasteiger partial charge in [-0.15, -0.1) is 11.3 Å². The Bertz CT molecular complexity index is 587. The number of benzene rings is 1. The number of rotatable bonds is 7. The van der Waals surface area contributed by atoms with E-state index in [1.54, 1.807) is 17.4 Å².